The van der Waals surface area contributed by atoms with Gasteiger partial charge in [-0.15, -0.1) is 0 Å². The predicted octanol–water partition coefficient (Wildman–Crippen LogP) is 3.38. The maximum absolute atomic E-state index is 15.1. The second-order valence-electron chi connectivity index (χ2n) is 10.6. The van der Waals surface area contributed by atoms with Gasteiger partial charge < -0.3 is 29.3 Å². The number of sulfonamides is 1. The van der Waals surface area contributed by atoms with Gasteiger partial charge in [-0.1, -0.05) is 6.07 Å². The summed E-state index contributed by atoms with van der Waals surface area (Å²) >= 11 is 0. The number of rotatable bonds is 12. The number of fused-ring (bicyclic) bond motifs is 1. The lowest BCUT2D eigenvalue weighted by atomic mass is 9.76. The lowest BCUT2D eigenvalue weighted by molar-refractivity contribution is -0.0389. The number of amides is 1. The van der Waals surface area contributed by atoms with Crippen LogP contribution in [0.4, 0.5) is 14.5 Å². The highest BCUT2D eigenvalue weighted by atomic mass is 32.2. The molecule has 1 saturated carbocycles. The van der Waals surface area contributed by atoms with E-state index in [1.807, 2.05) is 0 Å². The number of ether oxygens (including phenoxy) is 2. The van der Waals surface area contributed by atoms with Crippen LogP contribution in [0.2, 0.25) is 0 Å². The van der Waals surface area contributed by atoms with E-state index in [2.05, 4.69) is 5.32 Å². The van der Waals surface area contributed by atoms with Crippen molar-refractivity contribution in [1.29, 1.82) is 0 Å². The van der Waals surface area contributed by atoms with Crippen LogP contribution in [-0.4, -0.2) is 58.7 Å². The molecule has 4 aromatic rings. The normalized spacial score (nSPS) is 13.3. The minimum absolute atomic E-state index is 0.0158. The van der Waals surface area contributed by atoms with Crippen LogP contribution in [-0.2, 0) is 32.6 Å². The molecule has 44 heavy (non-hydrogen) atoms. The molecule has 10 nitrogen and oxygen atoms in total. The van der Waals surface area contributed by atoms with Crippen LogP contribution in [0.1, 0.15) is 45.8 Å². The van der Waals surface area contributed by atoms with E-state index in [1.165, 1.54) is 44.5 Å². The molecule has 14 heteroatoms. The largest absolute Gasteiger partial charge is 0.491 e. The summed E-state index contributed by atoms with van der Waals surface area (Å²) in [5.41, 5.74) is 1.85. The van der Waals surface area contributed by atoms with Crippen molar-refractivity contribution in [2.24, 2.45) is 0 Å². The molecule has 0 bridgehead atoms. The number of hydrogen-bond donors (Lipinski definition) is 3. The van der Waals surface area contributed by atoms with Crippen LogP contribution < -0.4 is 15.1 Å². The third-order valence-corrected chi connectivity index (χ3v) is 8.53. The summed E-state index contributed by atoms with van der Waals surface area (Å²) in [6, 6.07) is 11.3. The van der Waals surface area contributed by atoms with Gasteiger partial charge in [-0.25, -0.2) is 17.2 Å². The first kappa shape index (κ1) is 31.6. The monoisotopic (exact) mass is 628 g/mol. The van der Waals surface area contributed by atoms with E-state index >= 15 is 4.39 Å². The number of furan rings is 1. The van der Waals surface area contributed by atoms with Gasteiger partial charge in [-0.05, 0) is 71.8 Å². The van der Waals surface area contributed by atoms with Crippen molar-refractivity contribution in [2.45, 2.75) is 31.9 Å². The van der Waals surface area contributed by atoms with Gasteiger partial charge in [0.15, 0.2) is 0 Å². The number of carbonyl (C=O) groups excluding carboxylic acids is 1. The maximum Gasteiger partial charge on any atom is 0.491 e. The van der Waals surface area contributed by atoms with E-state index in [4.69, 9.17) is 13.9 Å². The van der Waals surface area contributed by atoms with Gasteiger partial charge in [0.1, 0.15) is 29.8 Å². The smallest absolute Gasteiger partial charge is 0.455 e. The van der Waals surface area contributed by atoms with E-state index in [0.717, 1.165) is 29.5 Å². The summed E-state index contributed by atoms with van der Waals surface area (Å²) < 4.78 is 72.8. The Balaban J connectivity index is 1.66. The molecule has 232 valence electrons. The number of hydrogen-bond acceptors (Lipinski definition) is 8. The highest BCUT2D eigenvalue weighted by molar-refractivity contribution is 7.92. The Morgan fingerprint density at radius 2 is 1.84 bits per heavy atom. The van der Waals surface area contributed by atoms with Crippen LogP contribution >= 0.6 is 0 Å². The van der Waals surface area contributed by atoms with E-state index < -0.39 is 34.7 Å². The Morgan fingerprint density at radius 1 is 1.14 bits per heavy atom. The second-order valence-corrected chi connectivity index (χ2v) is 12.5. The van der Waals surface area contributed by atoms with Gasteiger partial charge in [0.05, 0.1) is 30.7 Å². The third-order valence-electron chi connectivity index (χ3n) is 7.40. The van der Waals surface area contributed by atoms with Crippen molar-refractivity contribution >= 4 is 45.2 Å². The number of nitrogens with one attached hydrogen (secondary N) is 1. The Labute approximate surface area is 253 Å². The minimum atomic E-state index is -3.97. The molecule has 0 saturated heterocycles. The van der Waals surface area contributed by atoms with Crippen molar-refractivity contribution in [3.05, 3.63) is 82.4 Å². The SMILES string of the molecule is CNC(=O)c1c(-c2ccc(F)cc2)oc2cc(N(Cc3cc(F)c(B(O)O)c(COCOC)c3)S(C)(=O)=O)c(C3CC3)cc12. The molecule has 3 N–H and O–H groups in total. The fourth-order valence-electron chi connectivity index (χ4n) is 5.26. The van der Waals surface area contributed by atoms with Crippen LogP contribution in [0.25, 0.3) is 22.3 Å². The first-order valence-corrected chi connectivity index (χ1v) is 15.6. The number of anilines is 1. The van der Waals surface area contributed by atoms with Crippen molar-refractivity contribution in [2.75, 3.05) is 31.5 Å². The quantitative estimate of drug-likeness (QED) is 0.123. The summed E-state index contributed by atoms with van der Waals surface area (Å²) in [6.07, 6.45) is 2.63. The van der Waals surface area contributed by atoms with E-state index in [-0.39, 0.29) is 59.4 Å². The van der Waals surface area contributed by atoms with Crippen LogP contribution in [0.15, 0.2) is 52.9 Å². The lowest BCUT2D eigenvalue weighted by Gasteiger charge is -2.26. The summed E-state index contributed by atoms with van der Waals surface area (Å²) in [5, 5.41) is 22.6. The second kappa shape index (κ2) is 12.7. The molecule has 3 aromatic carbocycles. The van der Waals surface area contributed by atoms with Gasteiger partial charge in [0, 0.05) is 36.6 Å². The fraction of sp³-hybridized carbons (Fsp3) is 0.300. The summed E-state index contributed by atoms with van der Waals surface area (Å²) in [6.45, 7) is -0.646. The molecular formula is C30H31BF2N2O8S. The van der Waals surface area contributed by atoms with Crippen molar-refractivity contribution in [1.82, 2.24) is 5.32 Å². The molecule has 1 aliphatic carbocycles. The molecule has 1 amide bonds. The average molecular weight is 628 g/mol. The Bertz CT molecular complexity index is 1810. The van der Waals surface area contributed by atoms with Crippen LogP contribution in [0.5, 0.6) is 0 Å². The summed E-state index contributed by atoms with van der Waals surface area (Å²) in [4.78, 5) is 13.1. The predicted molar refractivity (Wildman–Crippen MR) is 161 cm³/mol. The van der Waals surface area contributed by atoms with Gasteiger partial charge in [-0.2, -0.15) is 0 Å². The molecule has 1 aliphatic rings. The van der Waals surface area contributed by atoms with Gasteiger partial charge >= 0.3 is 7.12 Å². The van der Waals surface area contributed by atoms with Crippen LogP contribution in [0, 0.1) is 11.6 Å². The van der Waals surface area contributed by atoms with Crippen molar-refractivity contribution < 1.29 is 45.9 Å². The number of halogens is 2. The van der Waals surface area contributed by atoms with Gasteiger partial charge in [0.25, 0.3) is 5.91 Å². The first-order valence-electron chi connectivity index (χ1n) is 13.7. The standard InChI is InChI=1S/C30H31BF2N2O8S/c1-34-30(36)27-23-12-22(18-4-5-18)25(13-26(23)43-29(27)19-6-8-21(32)9-7-19)35(44(3,39)40)14-17-10-20(15-42-16-41-2)28(31(37)38)24(33)11-17/h6-13,18,37-38H,4-5,14-16H2,1-3H3,(H,34,36). The van der Waals surface area contributed by atoms with Crippen LogP contribution in [0.3, 0.4) is 0 Å². The molecule has 1 heterocycles. The first-order chi connectivity index (χ1) is 20.9. The van der Waals surface area contributed by atoms with Crippen molar-refractivity contribution in [3.8, 4) is 11.3 Å². The zero-order valence-corrected chi connectivity index (χ0v) is 25.1. The molecule has 1 aromatic heterocycles. The Hall–Kier alpha value is -3.82. The van der Waals surface area contributed by atoms with E-state index in [0.29, 0.717) is 22.2 Å². The number of methoxy groups -OCH3 is 1. The molecule has 0 radical (unpaired) electrons. The molecule has 0 atom stereocenters. The van der Waals surface area contributed by atoms with Gasteiger partial charge in [-0.3, -0.25) is 9.10 Å². The van der Waals surface area contributed by atoms with E-state index in [1.54, 1.807) is 12.1 Å². The van der Waals surface area contributed by atoms with Gasteiger partial charge in [0.2, 0.25) is 10.0 Å². The number of nitrogens with zero attached hydrogens (tertiary/aromatic N) is 1. The number of carbonyl (C=O) groups is 1. The third kappa shape index (κ3) is 6.49. The highest BCUT2D eigenvalue weighted by Gasteiger charge is 2.34. The topological polar surface area (TPSA) is 139 Å². The Morgan fingerprint density at radius 3 is 2.43 bits per heavy atom. The highest BCUT2D eigenvalue weighted by Crippen LogP contribution is 2.48. The summed E-state index contributed by atoms with van der Waals surface area (Å²) in [5.74, 6) is -1.61. The van der Waals surface area contributed by atoms with Crippen molar-refractivity contribution in [3.63, 3.8) is 0 Å². The lowest BCUT2D eigenvalue weighted by Crippen LogP contribution is -2.37. The molecule has 0 unspecified atom stereocenters. The van der Waals surface area contributed by atoms with E-state index in [9.17, 15) is 27.7 Å². The molecule has 5 rings (SSSR count). The zero-order valence-electron chi connectivity index (χ0n) is 24.3. The molecule has 1 fully saturated rings. The zero-order chi connectivity index (χ0) is 31.8. The minimum Gasteiger partial charge on any atom is -0.455 e. The fourth-order valence-corrected chi connectivity index (χ4v) is 6.16. The molecule has 0 spiro atoms. The number of benzene rings is 3. The average Bonchev–Trinajstić information content (AvgIpc) is 3.74. The molecular weight excluding hydrogens is 597 g/mol. The summed E-state index contributed by atoms with van der Waals surface area (Å²) in [7, 11) is -3.21. The Kier molecular flexibility index (Phi) is 9.09. The molecule has 0 aliphatic heterocycles. The maximum atomic E-state index is 15.1.